The predicted molar refractivity (Wildman–Crippen MR) is 159 cm³/mol. The Morgan fingerprint density at radius 1 is 1.16 bits per heavy atom. The predicted octanol–water partition coefficient (Wildman–Crippen LogP) is 5.93. The van der Waals surface area contributed by atoms with Crippen LogP contribution in [0.2, 0.25) is 0 Å². The van der Waals surface area contributed by atoms with Gasteiger partial charge in [0.15, 0.2) is 0 Å². The number of benzene rings is 2. The van der Waals surface area contributed by atoms with Gasteiger partial charge in [-0.3, -0.25) is 14.8 Å². The Balaban J connectivity index is 1.53. The minimum absolute atomic E-state index is 0.0446. The number of nitrogens with zero attached hydrogens (tertiary/aromatic N) is 5. The molecule has 1 fully saturated rings. The number of fused-ring (bicyclic) bond motifs is 2. The van der Waals surface area contributed by atoms with E-state index in [9.17, 15) is 24.8 Å². The van der Waals surface area contributed by atoms with Gasteiger partial charge in [0.05, 0.1) is 33.1 Å². The van der Waals surface area contributed by atoms with Crippen LogP contribution in [0.1, 0.15) is 48.8 Å². The second-order valence-electron chi connectivity index (χ2n) is 11.8. The van der Waals surface area contributed by atoms with Gasteiger partial charge in [-0.2, -0.15) is 10.4 Å². The molecule has 0 saturated carbocycles. The molecule has 44 heavy (non-hydrogen) atoms. The Morgan fingerprint density at radius 2 is 1.91 bits per heavy atom. The van der Waals surface area contributed by atoms with Crippen LogP contribution >= 0.6 is 11.3 Å². The summed E-state index contributed by atoms with van der Waals surface area (Å²) in [7, 11) is 0. The number of carbonyl (C=O) groups excluding carboxylic acids is 2. The van der Waals surface area contributed by atoms with Crippen molar-refractivity contribution in [1.82, 2.24) is 19.6 Å². The lowest BCUT2D eigenvalue weighted by atomic mass is 9.92. The number of rotatable bonds is 2. The topological polar surface area (TPSA) is 141 Å². The molecule has 3 amide bonds. The van der Waals surface area contributed by atoms with Gasteiger partial charge in [-0.15, -0.1) is 11.3 Å². The maximum absolute atomic E-state index is 16.4. The molecule has 2 aliphatic heterocycles. The van der Waals surface area contributed by atoms with Gasteiger partial charge in [0.1, 0.15) is 28.3 Å². The molecule has 0 radical (unpaired) electrons. The molecule has 11 nitrogen and oxygen atoms in total. The van der Waals surface area contributed by atoms with Crippen LogP contribution in [0.15, 0.2) is 18.2 Å². The zero-order valence-corrected chi connectivity index (χ0v) is 25.1. The molecule has 4 aromatic rings. The zero-order chi connectivity index (χ0) is 31.7. The smallest absolute Gasteiger partial charge is 0.412 e. The number of halogens is 2. The number of nitrogens with one attached hydrogen (secondary N) is 1. The highest BCUT2D eigenvalue weighted by Crippen LogP contribution is 2.46. The number of aryl methyl sites for hydroxylation is 2. The number of aromatic nitrogens is 2. The maximum Gasteiger partial charge on any atom is 0.412 e. The van der Waals surface area contributed by atoms with Crippen molar-refractivity contribution in [2.45, 2.75) is 52.3 Å². The number of amides is 3. The first-order valence-electron chi connectivity index (χ1n) is 13.9. The van der Waals surface area contributed by atoms with Crippen molar-refractivity contribution in [3.63, 3.8) is 0 Å². The van der Waals surface area contributed by atoms with E-state index in [0.717, 1.165) is 17.4 Å². The average molecular weight is 623 g/mol. The van der Waals surface area contributed by atoms with Crippen molar-refractivity contribution in [2.75, 3.05) is 25.0 Å². The first-order valence-corrected chi connectivity index (χ1v) is 14.7. The Labute approximate surface area is 254 Å². The summed E-state index contributed by atoms with van der Waals surface area (Å²) < 4.78 is 38.6. The van der Waals surface area contributed by atoms with Crippen molar-refractivity contribution in [1.29, 1.82) is 5.26 Å². The monoisotopic (exact) mass is 622 g/mol. The first kappa shape index (κ1) is 29.3. The molecule has 2 aromatic heterocycles. The van der Waals surface area contributed by atoms with Gasteiger partial charge in [0, 0.05) is 42.5 Å². The minimum Gasteiger partial charge on any atom is -0.465 e. The normalized spacial score (nSPS) is 16.8. The molecular formula is C30H28F2N6O5S. The van der Waals surface area contributed by atoms with Gasteiger partial charge in [-0.1, -0.05) is 6.07 Å². The molecule has 2 aromatic carbocycles. The molecule has 0 bridgehead atoms. The number of thiophene rings is 1. The fourth-order valence-electron chi connectivity index (χ4n) is 6.07. The first-order chi connectivity index (χ1) is 20.8. The summed E-state index contributed by atoms with van der Waals surface area (Å²) in [4.78, 5) is 40.9. The van der Waals surface area contributed by atoms with Crippen molar-refractivity contribution >= 4 is 55.4 Å². The third kappa shape index (κ3) is 4.77. The van der Waals surface area contributed by atoms with Crippen LogP contribution in [0, 0.1) is 29.9 Å². The maximum atomic E-state index is 16.4. The molecule has 2 N–H and O–H groups in total. The molecule has 0 aliphatic carbocycles. The minimum atomic E-state index is -1.06. The number of piperazine rings is 1. The van der Waals surface area contributed by atoms with Gasteiger partial charge in [-0.25, -0.2) is 18.4 Å². The molecule has 1 saturated heterocycles. The lowest BCUT2D eigenvalue weighted by Gasteiger charge is -2.41. The van der Waals surface area contributed by atoms with E-state index >= 15 is 8.78 Å². The van der Waals surface area contributed by atoms with E-state index in [-0.39, 0.29) is 57.0 Å². The van der Waals surface area contributed by atoms with Gasteiger partial charge in [-0.05, 0) is 51.8 Å². The van der Waals surface area contributed by atoms with Crippen molar-refractivity contribution in [3.05, 3.63) is 46.7 Å². The van der Waals surface area contributed by atoms with Crippen LogP contribution in [0.4, 0.5) is 23.4 Å². The SMILES string of the molecule is Cc1nn2c3c(cc(F)c(-c4ccc(F)c5sc(NC(=O)OC(C)(C)C)c(C#N)c45)c13)C(=O)N1CCN(C(=O)O)C[C@H]1CC2. The quantitative estimate of drug-likeness (QED) is 0.282. The fraction of sp³-hybridized carbons (Fsp3) is 0.367. The zero-order valence-electron chi connectivity index (χ0n) is 24.3. The Morgan fingerprint density at radius 3 is 2.59 bits per heavy atom. The van der Waals surface area contributed by atoms with E-state index in [1.807, 2.05) is 6.07 Å². The molecule has 2 aliphatic rings. The van der Waals surface area contributed by atoms with Crippen molar-refractivity contribution in [3.8, 4) is 17.2 Å². The molecular weight excluding hydrogens is 594 g/mol. The summed E-state index contributed by atoms with van der Waals surface area (Å²) in [5.74, 6) is -1.86. The van der Waals surface area contributed by atoms with Crippen molar-refractivity contribution < 1.29 is 33.0 Å². The second-order valence-corrected chi connectivity index (χ2v) is 12.8. The Hall–Kier alpha value is -4.77. The largest absolute Gasteiger partial charge is 0.465 e. The molecule has 1 atom stereocenters. The summed E-state index contributed by atoms with van der Waals surface area (Å²) in [5, 5.41) is 27.3. The van der Waals surface area contributed by atoms with Gasteiger partial charge in [0.25, 0.3) is 5.91 Å². The molecule has 0 unspecified atom stereocenters. The molecule has 228 valence electrons. The van der Waals surface area contributed by atoms with Crippen molar-refractivity contribution in [2.24, 2.45) is 0 Å². The van der Waals surface area contributed by atoms with Crippen LogP contribution in [-0.2, 0) is 11.3 Å². The summed E-state index contributed by atoms with van der Waals surface area (Å²) in [6.45, 7) is 7.52. The number of carboxylic acid groups (broad SMARTS) is 1. The number of hydrogen-bond donors (Lipinski definition) is 2. The highest BCUT2D eigenvalue weighted by Gasteiger charge is 2.37. The number of carbonyl (C=O) groups is 3. The van der Waals surface area contributed by atoms with Crippen LogP contribution in [0.5, 0.6) is 0 Å². The lowest BCUT2D eigenvalue weighted by Crippen LogP contribution is -2.57. The highest BCUT2D eigenvalue weighted by atomic mass is 32.1. The molecule has 14 heteroatoms. The summed E-state index contributed by atoms with van der Waals surface area (Å²) in [6, 6.07) is 5.32. The number of ether oxygens (including phenoxy) is 1. The average Bonchev–Trinajstić information content (AvgIpc) is 3.47. The van der Waals surface area contributed by atoms with Crippen LogP contribution in [0.3, 0.4) is 0 Å². The Bertz CT molecular complexity index is 1940. The van der Waals surface area contributed by atoms with Crippen LogP contribution in [-0.4, -0.2) is 74.1 Å². The van der Waals surface area contributed by atoms with Gasteiger partial charge in [0.2, 0.25) is 0 Å². The third-order valence-corrected chi connectivity index (χ3v) is 8.96. The number of nitriles is 1. The summed E-state index contributed by atoms with van der Waals surface area (Å²) in [5.41, 5.74) is 0.310. The molecule has 0 spiro atoms. The number of hydrogen-bond acceptors (Lipinski definition) is 7. The van der Waals surface area contributed by atoms with Gasteiger partial charge < -0.3 is 19.6 Å². The van der Waals surface area contributed by atoms with E-state index in [1.165, 1.54) is 17.0 Å². The number of anilines is 1. The van der Waals surface area contributed by atoms with Gasteiger partial charge >= 0.3 is 12.2 Å². The summed E-state index contributed by atoms with van der Waals surface area (Å²) >= 11 is 0.840. The van der Waals surface area contributed by atoms with E-state index in [0.29, 0.717) is 29.6 Å². The second kappa shape index (κ2) is 10.4. The summed E-state index contributed by atoms with van der Waals surface area (Å²) in [6.07, 6.45) is -1.46. The molecule has 6 rings (SSSR count). The molecule has 4 heterocycles. The van der Waals surface area contributed by atoms with E-state index in [4.69, 9.17) is 4.74 Å². The fourth-order valence-corrected chi connectivity index (χ4v) is 7.14. The van der Waals surface area contributed by atoms with E-state index < -0.39 is 41.4 Å². The van der Waals surface area contributed by atoms with Crippen LogP contribution < -0.4 is 5.32 Å². The van der Waals surface area contributed by atoms with E-state index in [2.05, 4.69) is 10.4 Å². The van der Waals surface area contributed by atoms with E-state index in [1.54, 1.807) is 37.3 Å². The lowest BCUT2D eigenvalue weighted by molar-refractivity contribution is 0.0417. The Kier molecular flexibility index (Phi) is 6.96. The highest BCUT2D eigenvalue weighted by molar-refractivity contribution is 7.23. The van der Waals surface area contributed by atoms with Crippen LogP contribution in [0.25, 0.3) is 32.1 Å². The standard InChI is InChI=1S/C30H28F2N6O5S/c1-14-21-23(16-5-6-19(31)25-22(16)18(12-33)26(44-25)34-28(40)43-30(2,3)4)20(32)11-17-24(21)38(35-14)8-7-15-13-36(29(41)42)9-10-37(15)27(17)39/h5-6,11,15H,7-10,13H2,1-4H3,(H,34,40)(H,41,42)/t15-/m1/s1. The third-order valence-electron chi connectivity index (χ3n) is 7.85.